The van der Waals surface area contributed by atoms with E-state index in [1.165, 1.54) is 58.2 Å². The summed E-state index contributed by atoms with van der Waals surface area (Å²) >= 11 is 0. The fourth-order valence-corrected chi connectivity index (χ4v) is 2.88. The summed E-state index contributed by atoms with van der Waals surface area (Å²) in [5.41, 5.74) is 0. The molecule has 2 nitrogen and oxygen atoms in total. The van der Waals surface area contributed by atoms with Crippen LogP contribution in [0.5, 0.6) is 0 Å². The van der Waals surface area contributed by atoms with E-state index < -0.39 is 0 Å². The summed E-state index contributed by atoms with van der Waals surface area (Å²) in [5.74, 6) is 0.799. The average Bonchev–Trinajstić information content (AvgIpc) is 2.56. The van der Waals surface area contributed by atoms with Crippen LogP contribution in [0.1, 0.15) is 66.2 Å². The quantitative estimate of drug-likeness (QED) is 0.697. The zero-order chi connectivity index (χ0) is 13.4. The lowest BCUT2D eigenvalue weighted by Gasteiger charge is -2.31. The van der Waals surface area contributed by atoms with Crippen LogP contribution in [0.2, 0.25) is 0 Å². The van der Waals surface area contributed by atoms with Crippen LogP contribution in [0.25, 0.3) is 0 Å². The minimum atomic E-state index is 0.700. The average molecular weight is 254 g/mol. The maximum Gasteiger partial charge on any atom is 0.0220 e. The third-order valence-corrected chi connectivity index (χ3v) is 4.65. The first-order valence-corrected chi connectivity index (χ1v) is 8.16. The van der Waals surface area contributed by atoms with Gasteiger partial charge in [-0.1, -0.05) is 46.5 Å². The Bertz CT molecular complexity index is 205. The van der Waals surface area contributed by atoms with Crippen LogP contribution in [0, 0.1) is 5.92 Å². The van der Waals surface area contributed by atoms with Gasteiger partial charge >= 0.3 is 0 Å². The first-order chi connectivity index (χ1) is 8.69. The molecular weight excluding hydrogens is 220 g/mol. The van der Waals surface area contributed by atoms with Crippen LogP contribution in [0.4, 0.5) is 0 Å². The van der Waals surface area contributed by atoms with E-state index in [9.17, 15) is 0 Å². The van der Waals surface area contributed by atoms with Gasteiger partial charge in [-0.25, -0.2) is 0 Å². The molecule has 3 unspecified atom stereocenters. The maximum atomic E-state index is 3.75. The summed E-state index contributed by atoms with van der Waals surface area (Å²) in [4.78, 5) is 2.73. The lowest BCUT2D eigenvalue weighted by atomic mass is 9.98. The van der Waals surface area contributed by atoms with E-state index in [0.717, 1.165) is 12.0 Å². The van der Waals surface area contributed by atoms with Crippen LogP contribution in [0.15, 0.2) is 0 Å². The van der Waals surface area contributed by atoms with Gasteiger partial charge in [0.05, 0.1) is 0 Å². The van der Waals surface area contributed by atoms with Crippen molar-refractivity contribution in [2.24, 2.45) is 5.92 Å². The molecule has 3 atom stereocenters. The largest absolute Gasteiger partial charge is 0.312 e. The molecule has 1 aliphatic heterocycles. The van der Waals surface area contributed by atoms with Gasteiger partial charge in [-0.05, 0) is 38.8 Å². The van der Waals surface area contributed by atoms with E-state index in [2.05, 4.69) is 37.9 Å². The van der Waals surface area contributed by atoms with Crippen molar-refractivity contribution in [2.45, 2.75) is 78.3 Å². The molecule has 1 N–H and O–H groups in total. The molecule has 0 spiro atoms. The standard InChI is InChI=1S/C16H34N2/c1-5-7-8-9-12-18-13-16(14(3)6-2)17-11-10-15(18)4/h14-17H,5-13H2,1-4H3. The number of nitrogens with one attached hydrogen (secondary N) is 1. The monoisotopic (exact) mass is 254 g/mol. The number of unbranched alkanes of at least 4 members (excludes halogenated alkanes) is 3. The molecule has 0 saturated carbocycles. The highest BCUT2D eigenvalue weighted by Crippen LogP contribution is 2.16. The second-order valence-electron chi connectivity index (χ2n) is 6.14. The predicted molar refractivity (Wildman–Crippen MR) is 81.0 cm³/mol. The molecule has 1 saturated heterocycles. The highest BCUT2D eigenvalue weighted by atomic mass is 15.2. The predicted octanol–water partition coefficient (Wildman–Crippen LogP) is 3.67. The molecule has 0 radical (unpaired) electrons. The minimum Gasteiger partial charge on any atom is -0.312 e. The van der Waals surface area contributed by atoms with Gasteiger partial charge in [0.25, 0.3) is 0 Å². The van der Waals surface area contributed by atoms with E-state index >= 15 is 0 Å². The Morgan fingerprint density at radius 1 is 1.22 bits per heavy atom. The SMILES string of the molecule is CCCCCCN1CC(C(C)CC)NCCC1C. The second-order valence-corrected chi connectivity index (χ2v) is 6.14. The maximum absolute atomic E-state index is 3.75. The molecule has 1 rings (SSSR count). The number of nitrogens with zero attached hydrogens (tertiary/aromatic N) is 1. The smallest absolute Gasteiger partial charge is 0.0220 e. The Hall–Kier alpha value is -0.0800. The normalized spacial score (nSPS) is 28.0. The zero-order valence-electron chi connectivity index (χ0n) is 13.0. The number of hydrogen-bond acceptors (Lipinski definition) is 2. The highest BCUT2D eigenvalue weighted by molar-refractivity contribution is 4.83. The lowest BCUT2D eigenvalue weighted by molar-refractivity contribution is 0.184. The van der Waals surface area contributed by atoms with Crippen molar-refractivity contribution in [3.05, 3.63) is 0 Å². The summed E-state index contributed by atoms with van der Waals surface area (Å²) in [7, 11) is 0. The van der Waals surface area contributed by atoms with Gasteiger partial charge in [0, 0.05) is 18.6 Å². The van der Waals surface area contributed by atoms with Crippen LogP contribution in [-0.4, -0.2) is 36.6 Å². The molecule has 1 fully saturated rings. The number of rotatable bonds is 7. The first-order valence-electron chi connectivity index (χ1n) is 8.16. The van der Waals surface area contributed by atoms with Crippen molar-refractivity contribution in [1.29, 1.82) is 0 Å². The van der Waals surface area contributed by atoms with E-state index in [1.807, 2.05) is 0 Å². The van der Waals surface area contributed by atoms with Crippen molar-refractivity contribution >= 4 is 0 Å². The Balaban J connectivity index is 2.40. The van der Waals surface area contributed by atoms with Gasteiger partial charge in [0.15, 0.2) is 0 Å². The molecule has 0 bridgehead atoms. The van der Waals surface area contributed by atoms with Crippen molar-refractivity contribution in [3.8, 4) is 0 Å². The molecule has 1 heterocycles. The Kier molecular flexibility index (Phi) is 7.92. The van der Waals surface area contributed by atoms with Crippen LogP contribution < -0.4 is 5.32 Å². The zero-order valence-corrected chi connectivity index (χ0v) is 13.0. The van der Waals surface area contributed by atoms with E-state index in [1.54, 1.807) is 0 Å². The van der Waals surface area contributed by atoms with Crippen molar-refractivity contribution in [3.63, 3.8) is 0 Å². The van der Waals surface area contributed by atoms with Crippen LogP contribution >= 0.6 is 0 Å². The lowest BCUT2D eigenvalue weighted by Crippen LogP contribution is -2.43. The molecule has 108 valence electrons. The second kappa shape index (κ2) is 8.92. The summed E-state index contributed by atoms with van der Waals surface area (Å²) < 4.78 is 0. The van der Waals surface area contributed by atoms with Gasteiger partial charge in [-0.15, -0.1) is 0 Å². The van der Waals surface area contributed by atoms with E-state index in [4.69, 9.17) is 0 Å². The van der Waals surface area contributed by atoms with Gasteiger partial charge in [0.2, 0.25) is 0 Å². The van der Waals surface area contributed by atoms with Crippen LogP contribution in [-0.2, 0) is 0 Å². The molecule has 0 aromatic heterocycles. The minimum absolute atomic E-state index is 0.700. The number of hydrogen-bond donors (Lipinski definition) is 1. The molecule has 0 aromatic rings. The summed E-state index contributed by atoms with van der Waals surface area (Å²) in [6, 6.07) is 1.46. The summed E-state index contributed by atoms with van der Waals surface area (Å²) in [5, 5.41) is 3.75. The van der Waals surface area contributed by atoms with Gasteiger partial charge in [-0.3, -0.25) is 4.90 Å². The summed E-state index contributed by atoms with van der Waals surface area (Å²) in [6.45, 7) is 13.1. The summed E-state index contributed by atoms with van der Waals surface area (Å²) in [6.07, 6.45) is 8.12. The van der Waals surface area contributed by atoms with Gasteiger partial charge in [-0.2, -0.15) is 0 Å². The Morgan fingerprint density at radius 3 is 2.67 bits per heavy atom. The molecule has 1 aliphatic rings. The molecule has 0 aliphatic carbocycles. The Morgan fingerprint density at radius 2 is 2.00 bits per heavy atom. The fraction of sp³-hybridized carbons (Fsp3) is 1.00. The van der Waals surface area contributed by atoms with Gasteiger partial charge in [0.1, 0.15) is 0 Å². The molecule has 0 aromatic carbocycles. The van der Waals surface area contributed by atoms with Gasteiger partial charge < -0.3 is 5.32 Å². The fourth-order valence-electron chi connectivity index (χ4n) is 2.88. The third-order valence-electron chi connectivity index (χ3n) is 4.65. The third kappa shape index (κ3) is 5.27. The van der Waals surface area contributed by atoms with Crippen molar-refractivity contribution < 1.29 is 0 Å². The highest BCUT2D eigenvalue weighted by Gasteiger charge is 2.24. The topological polar surface area (TPSA) is 15.3 Å². The Labute approximate surface area is 115 Å². The van der Waals surface area contributed by atoms with Crippen molar-refractivity contribution in [2.75, 3.05) is 19.6 Å². The molecular formula is C16H34N2. The van der Waals surface area contributed by atoms with Crippen LogP contribution in [0.3, 0.4) is 0 Å². The van der Waals surface area contributed by atoms with E-state index in [0.29, 0.717) is 6.04 Å². The van der Waals surface area contributed by atoms with E-state index in [-0.39, 0.29) is 0 Å². The van der Waals surface area contributed by atoms with Crippen molar-refractivity contribution in [1.82, 2.24) is 10.2 Å². The molecule has 0 amide bonds. The molecule has 18 heavy (non-hydrogen) atoms. The molecule has 2 heteroatoms. The first kappa shape index (κ1) is 16.0.